The van der Waals surface area contributed by atoms with E-state index in [1.54, 1.807) is 6.07 Å². The predicted molar refractivity (Wildman–Crippen MR) is 106 cm³/mol. The summed E-state index contributed by atoms with van der Waals surface area (Å²) in [5, 5.41) is 0. The fraction of sp³-hybridized carbons (Fsp3) is 0.238. The lowest BCUT2D eigenvalue weighted by molar-refractivity contribution is -0.0888. The zero-order valence-corrected chi connectivity index (χ0v) is 16.9. The van der Waals surface area contributed by atoms with Gasteiger partial charge in [0.2, 0.25) is 0 Å². The van der Waals surface area contributed by atoms with Crippen LogP contribution in [0.15, 0.2) is 71.3 Å². The summed E-state index contributed by atoms with van der Waals surface area (Å²) in [5.74, 6) is 0.565. The number of hydrogen-bond acceptors (Lipinski definition) is 4. The molecular formula is C21H20F3NO3S. The van der Waals surface area contributed by atoms with E-state index in [9.17, 15) is 21.6 Å². The van der Waals surface area contributed by atoms with E-state index < -0.39 is 27.8 Å². The minimum Gasteiger partial charge on any atom is -0.466 e. The maximum Gasteiger partial charge on any atom is 0.417 e. The minimum atomic E-state index is -4.55. The van der Waals surface area contributed by atoms with Crippen LogP contribution < -0.4 is 9.64 Å². The second-order valence-electron chi connectivity index (χ2n) is 6.85. The van der Waals surface area contributed by atoms with Crippen LogP contribution in [-0.2, 0) is 9.84 Å². The van der Waals surface area contributed by atoms with Crippen molar-refractivity contribution < 1.29 is 26.3 Å². The van der Waals surface area contributed by atoms with Gasteiger partial charge in [0.1, 0.15) is 5.75 Å². The van der Waals surface area contributed by atoms with Crippen LogP contribution in [0, 0.1) is 13.8 Å². The molecule has 0 amide bonds. The van der Waals surface area contributed by atoms with Crippen molar-refractivity contribution in [2.45, 2.75) is 31.1 Å². The van der Waals surface area contributed by atoms with E-state index in [-0.39, 0.29) is 10.6 Å². The van der Waals surface area contributed by atoms with Gasteiger partial charge < -0.3 is 9.64 Å². The third kappa shape index (κ3) is 4.64. The van der Waals surface area contributed by atoms with Crippen molar-refractivity contribution in [3.63, 3.8) is 0 Å². The van der Waals surface area contributed by atoms with Gasteiger partial charge >= 0.3 is 6.18 Å². The number of hydrogen-bond donors (Lipinski definition) is 0. The lowest BCUT2D eigenvalue weighted by Gasteiger charge is -2.33. The Morgan fingerprint density at radius 2 is 1.66 bits per heavy atom. The lowest BCUT2D eigenvalue weighted by atomic mass is 10.1. The quantitative estimate of drug-likeness (QED) is 0.699. The van der Waals surface area contributed by atoms with Crippen molar-refractivity contribution >= 4 is 15.5 Å². The number of halogens is 3. The van der Waals surface area contributed by atoms with Gasteiger partial charge in [-0.05, 0) is 55.3 Å². The van der Waals surface area contributed by atoms with Crippen molar-refractivity contribution in [2.24, 2.45) is 0 Å². The zero-order chi connectivity index (χ0) is 21.4. The molecule has 8 heteroatoms. The Hall–Kier alpha value is -2.74. The lowest BCUT2D eigenvalue weighted by Crippen LogP contribution is -2.38. The molecule has 1 unspecified atom stereocenters. The molecule has 0 aromatic heterocycles. The molecule has 0 saturated carbocycles. The zero-order valence-electron chi connectivity index (χ0n) is 16.1. The SMILES string of the molecule is Cc1cccc(C)c1OC1C=CC(C(F)(F)F)=CN1c1cccc(S(C)(=O)=O)c1. The molecule has 3 rings (SSSR count). The van der Waals surface area contributed by atoms with Crippen LogP contribution in [0.3, 0.4) is 0 Å². The van der Waals surface area contributed by atoms with Crippen LogP contribution in [0.2, 0.25) is 0 Å². The van der Waals surface area contributed by atoms with Gasteiger partial charge in [0.25, 0.3) is 0 Å². The smallest absolute Gasteiger partial charge is 0.417 e. The third-order valence-electron chi connectivity index (χ3n) is 4.51. The molecule has 0 bridgehead atoms. The topological polar surface area (TPSA) is 46.6 Å². The number of sulfone groups is 1. The summed E-state index contributed by atoms with van der Waals surface area (Å²) in [6.45, 7) is 3.70. The van der Waals surface area contributed by atoms with Crippen molar-refractivity contribution in [1.29, 1.82) is 0 Å². The molecule has 0 fully saturated rings. The van der Waals surface area contributed by atoms with Crippen molar-refractivity contribution in [2.75, 3.05) is 11.2 Å². The fourth-order valence-corrected chi connectivity index (χ4v) is 3.67. The summed E-state index contributed by atoms with van der Waals surface area (Å²) in [7, 11) is -3.52. The second kappa shape index (κ2) is 7.59. The Morgan fingerprint density at radius 3 is 2.24 bits per heavy atom. The number of anilines is 1. The summed E-state index contributed by atoms with van der Waals surface area (Å²) < 4.78 is 69.7. The summed E-state index contributed by atoms with van der Waals surface area (Å²) >= 11 is 0. The summed E-state index contributed by atoms with van der Waals surface area (Å²) in [6.07, 6.45) is -1.18. The number of rotatable bonds is 4. The number of aryl methyl sites for hydroxylation is 2. The Morgan fingerprint density at radius 1 is 1.03 bits per heavy atom. The van der Waals surface area contributed by atoms with Crippen molar-refractivity contribution in [1.82, 2.24) is 0 Å². The Labute approximate surface area is 167 Å². The monoisotopic (exact) mass is 423 g/mol. The van der Waals surface area contributed by atoms with Gasteiger partial charge in [-0.25, -0.2) is 8.42 Å². The number of alkyl halides is 3. The van der Waals surface area contributed by atoms with Crippen LogP contribution >= 0.6 is 0 Å². The highest BCUT2D eigenvalue weighted by atomic mass is 32.2. The molecule has 1 aliphatic rings. The fourth-order valence-electron chi connectivity index (χ4n) is 3.01. The van der Waals surface area contributed by atoms with E-state index in [4.69, 9.17) is 4.74 Å². The molecule has 154 valence electrons. The van der Waals surface area contributed by atoms with Gasteiger partial charge in [0.15, 0.2) is 16.1 Å². The Balaban J connectivity index is 2.07. The molecule has 4 nitrogen and oxygen atoms in total. The number of benzene rings is 2. The first kappa shape index (κ1) is 21.0. The molecule has 0 N–H and O–H groups in total. The highest BCUT2D eigenvalue weighted by Crippen LogP contribution is 2.34. The number of para-hydroxylation sites is 1. The van der Waals surface area contributed by atoms with Gasteiger partial charge in [-0.15, -0.1) is 0 Å². The van der Waals surface area contributed by atoms with E-state index in [1.807, 2.05) is 32.0 Å². The summed E-state index contributed by atoms with van der Waals surface area (Å²) in [5.41, 5.74) is 1.10. The maximum atomic E-state index is 13.3. The minimum absolute atomic E-state index is 0.0114. The van der Waals surface area contributed by atoms with E-state index in [1.165, 1.54) is 29.2 Å². The van der Waals surface area contributed by atoms with Gasteiger partial charge in [0, 0.05) is 18.1 Å². The van der Waals surface area contributed by atoms with Crippen LogP contribution in [0.1, 0.15) is 11.1 Å². The third-order valence-corrected chi connectivity index (χ3v) is 5.62. The van der Waals surface area contributed by atoms with Gasteiger partial charge in [0.05, 0.1) is 10.5 Å². The van der Waals surface area contributed by atoms with Gasteiger partial charge in [-0.1, -0.05) is 24.3 Å². The molecule has 29 heavy (non-hydrogen) atoms. The molecule has 0 aliphatic carbocycles. The molecular weight excluding hydrogens is 403 g/mol. The second-order valence-corrected chi connectivity index (χ2v) is 8.86. The van der Waals surface area contributed by atoms with Crippen LogP contribution in [0.5, 0.6) is 5.75 Å². The molecule has 0 saturated heterocycles. The number of ether oxygens (including phenoxy) is 1. The van der Waals surface area contributed by atoms with Crippen LogP contribution in [0.4, 0.5) is 18.9 Å². The Bertz CT molecular complexity index is 1070. The van der Waals surface area contributed by atoms with E-state index in [0.29, 0.717) is 5.75 Å². The molecule has 2 aromatic carbocycles. The Kier molecular flexibility index (Phi) is 5.49. The first-order valence-corrected chi connectivity index (χ1v) is 10.6. The van der Waals surface area contributed by atoms with Gasteiger partial charge in [-0.2, -0.15) is 13.2 Å². The molecule has 0 radical (unpaired) electrons. The standard InChI is InChI=1S/C21H20F3NO3S/c1-14-6-4-7-15(2)20(14)28-19-11-10-16(21(22,23)24)13-25(19)17-8-5-9-18(12-17)29(3,26)27/h4-13,19H,1-3H3. The highest BCUT2D eigenvalue weighted by molar-refractivity contribution is 7.90. The van der Waals surface area contributed by atoms with E-state index in [2.05, 4.69) is 0 Å². The van der Waals surface area contributed by atoms with Crippen LogP contribution in [0.25, 0.3) is 0 Å². The average Bonchev–Trinajstić information content (AvgIpc) is 2.63. The first-order chi connectivity index (χ1) is 13.5. The molecule has 1 aliphatic heterocycles. The molecule has 1 atom stereocenters. The van der Waals surface area contributed by atoms with Crippen molar-refractivity contribution in [3.8, 4) is 5.75 Å². The maximum absolute atomic E-state index is 13.3. The first-order valence-electron chi connectivity index (χ1n) is 8.75. The van der Waals surface area contributed by atoms with Crippen LogP contribution in [-0.4, -0.2) is 27.1 Å². The van der Waals surface area contributed by atoms with E-state index >= 15 is 0 Å². The normalized spacial score (nSPS) is 17.2. The molecule has 2 aromatic rings. The molecule has 0 spiro atoms. The van der Waals surface area contributed by atoms with E-state index in [0.717, 1.165) is 29.7 Å². The van der Waals surface area contributed by atoms with Crippen molar-refractivity contribution in [3.05, 3.63) is 77.5 Å². The number of nitrogens with zero attached hydrogens (tertiary/aromatic N) is 1. The molecule has 1 heterocycles. The summed E-state index contributed by atoms with van der Waals surface area (Å²) in [6, 6.07) is 11.3. The van der Waals surface area contributed by atoms with Gasteiger partial charge in [-0.3, -0.25) is 0 Å². The summed E-state index contributed by atoms with van der Waals surface area (Å²) in [4.78, 5) is 1.29. The largest absolute Gasteiger partial charge is 0.466 e. The predicted octanol–water partition coefficient (Wildman–Crippen LogP) is 4.93. The number of allylic oxidation sites excluding steroid dienone is 2. The average molecular weight is 423 g/mol. The highest BCUT2D eigenvalue weighted by Gasteiger charge is 2.36.